The van der Waals surface area contributed by atoms with E-state index >= 15 is 0 Å². The van der Waals surface area contributed by atoms with Gasteiger partial charge in [-0.25, -0.2) is 0 Å². The summed E-state index contributed by atoms with van der Waals surface area (Å²) >= 11 is 3.64. The van der Waals surface area contributed by atoms with Crippen molar-refractivity contribution < 1.29 is 21.7 Å². The number of hydrogen-bond donors (Lipinski definition) is 1. The molecule has 6 heavy (non-hydrogen) atoms. The van der Waals surface area contributed by atoms with Crippen LogP contribution in [0, 0.1) is 0 Å². The van der Waals surface area contributed by atoms with Crippen molar-refractivity contribution in [1.29, 1.82) is 0 Å². The maximum Gasteiger partial charge on any atom is 0.316 e. The quantitative estimate of drug-likeness (QED) is 0.422. The summed E-state index contributed by atoms with van der Waals surface area (Å²) < 4.78 is 6.47. The van der Waals surface area contributed by atoms with Crippen molar-refractivity contribution in [2.45, 2.75) is 0 Å². The minimum Gasteiger partial charge on any atom is 0 e. The van der Waals surface area contributed by atoms with E-state index in [1.165, 1.54) is 0 Å². The summed E-state index contributed by atoms with van der Waals surface area (Å²) in [5.74, 6) is 0. The summed E-state index contributed by atoms with van der Waals surface area (Å²) in [6.07, 6.45) is 0. The van der Waals surface area contributed by atoms with Gasteiger partial charge >= 0.3 is 60.8 Å². The topological polar surface area (TPSA) is 20.2 Å². The smallest absolute Gasteiger partial charge is 0 e. The summed E-state index contributed by atoms with van der Waals surface area (Å²) in [4.78, 5) is 0. The second-order valence-corrected chi connectivity index (χ2v) is 0. The molecule has 0 radical (unpaired) electrons. The molecule has 0 aromatic heterocycles. The van der Waals surface area contributed by atoms with Crippen molar-refractivity contribution in [1.82, 2.24) is 0 Å². The minimum atomic E-state index is 0. The molecule has 1 N–H and O–H groups in total. The molecule has 0 heterocycles. The molecule has 0 saturated carbocycles. The van der Waals surface area contributed by atoms with Crippen LogP contribution in [-0.2, 0) is 17.1 Å². The molecule has 0 fully saturated rings. The Labute approximate surface area is 109 Å². The Morgan fingerprint density at radius 3 is 1.17 bits per heavy atom. The van der Waals surface area contributed by atoms with Crippen LogP contribution in [0.15, 0.2) is 0 Å². The zero-order chi connectivity index (χ0) is 2.00. The molecule has 0 rings (SSSR count). The molecule has 0 saturated heterocycles. The molecule has 0 aliphatic rings. The predicted octanol–water partition coefficient (Wildman–Crippen LogP) is -2.89. The third kappa shape index (κ3) is 26.5. The molecule has 0 atom stereocenters. The summed E-state index contributed by atoms with van der Waals surface area (Å²) in [6, 6.07) is 0. The maximum absolute atomic E-state index is 6.47. The van der Waals surface area contributed by atoms with Gasteiger partial charge in [-0.3, -0.25) is 4.66 Å². The van der Waals surface area contributed by atoms with Crippen LogP contribution < -0.4 is 0 Å². The molecule has 0 aromatic rings. The molecule has 0 aromatic carbocycles. The van der Waals surface area contributed by atoms with E-state index in [2.05, 4.69) is 11.9 Å². The first-order valence-corrected chi connectivity index (χ1v) is 0.507. The zero-order valence-electron chi connectivity index (χ0n) is 1.18. The fraction of sp³-hybridized carbons (Fsp3) is 0. The van der Waals surface area contributed by atoms with E-state index in [0.717, 1.165) is 0 Å². The SMILES string of the molecule is OCl.[AlH3].[CaH2].[Fe].[MgH2]. The maximum atomic E-state index is 6.47. The standard InChI is InChI=1S/Al.Ca.ClHO.Fe.Mg.7H/c;;1-2;;;;;;;;;/h;;2H;;;;;;;;;. The normalized spacial score (nSPS) is 1.00. The van der Waals surface area contributed by atoms with E-state index in [0.29, 0.717) is 0 Å². The van der Waals surface area contributed by atoms with Gasteiger partial charge in [0.05, 0.1) is 11.9 Å². The van der Waals surface area contributed by atoms with Crippen LogP contribution in [0.3, 0.4) is 0 Å². The third-order valence-corrected chi connectivity index (χ3v) is 0. The third-order valence-electron chi connectivity index (χ3n) is 0. The molecule has 0 unspecified atom stereocenters. The van der Waals surface area contributed by atoms with Gasteiger partial charge in [0.25, 0.3) is 0 Å². The van der Waals surface area contributed by atoms with Crippen molar-refractivity contribution in [3.8, 4) is 0 Å². The number of hydrogen-bond acceptors (Lipinski definition) is 1. The first-order chi connectivity index (χ1) is 1.00. The van der Waals surface area contributed by atoms with Gasteiger partial charge in [-0.2, -0.15) is 0 Å². The molecular weight excluding hydrogens is 199 g/mol. The Kier molecular flexibility index (Phi) is 232. The van der Waals surface area contributed by atoms with E-state index in [1.54, 1.807) is 0 Å². The van der Waals surface area contributed by atoms with Crippen molar-refractivity contribution in [3.63, 3.8) is 0 Å². The fourth-order valence-electron chi connectivity index (χ4n) is 0. The van der Waals surface area contributed by atoms with Crippen LogP contribution in [0.4, 0.5) is 0 Å². The summed E-state index contributed by atoms with van der Waals surface area (Å²) in [6.45, 7) is 0. The van der Waals surface area contributed by atoms with Crippen molar-refractivity contribution in [2.75, 3.05) is 0 Å². The molecule has 6 heteroatoms. The van der Waals surface area contributed by atoms with Crippen molar-refractivity contribution in [2.24, 2.45) is 0 Å². The molecule has 0 spiro atoms. The first kappa shape index (κ1) is 34.5. The van der Waals surface area contributed by atoms with E-state index in [4.69, 9.17) is 4.66 Å². The Bertz CT molecular complexity index is 15.5. The van der Waals surface area contributed by atoms with E-state index in [-0.39, 0.29) is 95.2 Å². The first-order valence-electron chi connectivity index (χ1n) is 0.169. The average molecular weight is 207 g/mol. The average Bonchev–Trinajstić information content (AvgIpc) is 1.00. The van der Waals surface area contributed by atoms with Gasteiger partial charge in [0, 0.05) is 17.1 Å². The van der Waals surface area contributed by atoms with Crippen LogP contribution in [0.5, 0.6) is 0 Å². The molecular formula is H8AlCaClFeMgO. The van der Waals surface area contributed by atoms with Gasteiger partial charge in [0.1, 0.15) is 0 Å². The fourth-order valence-corrected chi connectivity index (χ4v) is 0. The van der Waals surface area contributed by atoms with Gasteiger partial charge in [0.15, 0.2) is 17.4 Å². The molecule has 0 bridgehead atoms. The second kappa shape index (κ2) is 40.4. The molecule has 0 aliphatic carbocycles. The van der Waals surface area contributed by atoms with Gasteiger partial charge in [-0.05, 0) is 0 Å². The van der Waals surface area contributed by atoms with Gasteiger partial charge in [0.2, 0.25) is 0 Å². The predicted molar refractivity (Wildman–Crippen MR) is 35.1 cm³/mol. The van der Waals surface area contributed by atoms with Gasteiger partial charge < -0.3 is 0 Å². The summed E-state index contributed by atoms with van der Waals surface area (Å²) in [5.41, 5.74) is 0. The minimum absolute atomic E-state index is 0. The monoisotopic (exact) mass is 206 g/mol. The summed E-state index contributed by atoms with van der Waals surface area (Å²) in [7, 11) is 0. The Balaban J connectivity index is -0.000000000833. The Morgan fingerprint density at radius 2 is 1.17 bits per heavy atom. The van der Waals surface area contributed by atoms with E-state index in [9.17, 15) is 0 Å². The van der Waals surface area contributed by atoms with Gasteiger partial charge in [-0.1, -0.05) is 0 Å². The molecule has 0 amide bonds. The van der Waals surface area contributed by atoms with Gasteiger partial charge in [-0.15, -0.1) is 0 Å². The van der Waals surface area contributed by atoms with Crippen LogP contribution >= 0.6 is 11.9 Å². The van der Waals surface area contributed by atoms with E-state index in [1.807, 2.05) is 0 Å². The van der Waals surface area contributed by atoms with Crippen LogP contribution in [-0.4, -0.2) is 82.8 Å². The van der Waals surface area contributed by atoms with Crippen molar-refractivity contribution >= 4 is 90.0 Å². The number of halogens is 1. The Hall–Kier alpha value is 3.33. The number of rotatable bonds is 0. The van der Waals surface area contributed by atoms with Crippen LogP contribution in [0.25, 0.3) is 0 Å². The summed E-state index contributed by atoms with van der Waals surface area (Å²) in [5, 5.41) is 0. The van der Waals surface area contributed by atoms with Crippen molar-refractivity contribution in [3.05, 3.63) is 0 Å². The largest absolute Gasteiger partial charge is 0.316 e. The Morgan fingerprint density at radius 1 is 1.17 bits per heavy atom. The molecule has 36 valence electrons. The van der Waals surface area contributed by atoms with Crippen LogP contribution in [0.1, 0.15) is 0 Å². The van der Waals surface area contributed by atoms with E-state index < -0.39 is 0 Å². The molecule has 0 aliphatic heterocycles. The van der Waals surface area contributed by atoms with Crippen LogP contribution in [0.2, 0.25) is 0 Å². The molecule has 1 nitrogen and oxygen atoms in total. The second-order valence-electron chi connectivity index (χ2n) is 0. The zero-order valence-corrected chi connectivity index (χ0v) is 3.04.